The molecule has 0 unspecified atom stereocenters. The monoisotopic (exact) mass is 409 g/mol. The van der Waals surface area contributed by atoms with E-state index in [0.717, 1.165) is 3.57 Å². The number of hydrogen-bond acceptors (Lipinski definition) is 1. The Morgan fingerprint density at radius 2 is 1.89 bits per heavy atom. The number of hydrogen-bond donors (Lipinski definition) is 1. The molecule has 0 radical (unpaired) electrons. The smallest absolute Gasteiger partial charge is 0.257 e. The summed E-state index contributed by atoms with van der Waals surface area (Å²) in [6.45, 7) is 0. The summed E-state index contributed by atoms with van der Waals surface area (Å²) in [6, 6.07) is 9.04. The van der Waals surface area contributed by atoms with Crippen LogP contribution in [0, 0.1) is 9.39 Å². The first kappa shape index (κ1) is 14.6. The predicted octanol–water partition coefficient (Wildman–Crippen LogP) is 4.99. The summed E-state index contributed by atoms with van der Waals surface area (Å²) in [5, 5.41) is 3.11. The van der Waals surface area contributed by atoms with Crippen molar-refractivity contribution >= 4 is 57.4 Å². The van der Waals surface area contributed by atoms with Gasteiger partial charge in [-0.2, -0.15) is 0 Å². The molecule has 2 rings (SSSR count). The molecule has 0 spiro atoms. The lowest BCUT2D eigenvalue weighted by Crippen LogP contribution is -2.13. The molecule has 0 aliphatic rings. The number of carbonyl (C=O) groups is 1. The fourth-order valence-electron chi connectivity index (χ4n) is 1.45. The van der Waals surface area contributed by atoms with Crippen LogP contribution in [0.1, 0.15) is 10.4 Å². The van der Waals surface area contributed by atoms with Gasteiger partial charge in [0.05, 0.1) is 16.3 Å². The van der Waals surface area contributed by atoms with Gasteiger partial charge < -0.3 is 5.32 Å². The lowest BCUT2D eigenvalue weighted by atomic mass is 10.2. The largest absolute Gasteiger partial charge is 0.319 e. The Morgan fingerprint density at radius 1 is 1.16 bits per heavy atom. The van der Waals surface area contributed by atoms with Gasteiger partial charge in [0.2, 0.25) is 0 Å². The van der Waals surface area contributed by atoms with Crippen LogP contribution in [0.5, 0.6) is 0 Å². The van der Waals surface area contributed by atoms with E-state index in [-0.39, 0.29) is 16.3 Å². The quantitative estimate of drug-likeness (QED) is 0.695. The zero-order valence-corrected chi connectivity index (χ0v) is 13.1. The molecule has 1 amide bonds. The van der Waals surface area contributed by atoms with E-state index in [2.05, 4.69) is 5.32 Å². The van der Waals surface area contributed by atoms with Crippen LogP contribution in [0.15, 0.2) is 36.4 Å². The first-order chi connectivity index (χ1) is 8.97. The average Bonchev–Trinajstić information content (AvgIpc) is 2.35. The Balaban J connectivity index is 2.28. The van der Waals surface area contributed by atoms with Crippen molar-refractivity contribution in [3.8, 4) is 0 Å². The summed E-state index contributed by atoms with van der Waals surface area (Å²) in [4.78, 5) is 12.0. The van der Waals surface area contributed by atoms with E-state index in [1.54, 1.807) is 12.1 Å². The Labute approximate surface area is 133 Å². The molecule has 0 saturated heterocycles. The van der Waals surface area contributed by atoms with Crippen LogP contribution in [0.3, 0.4) is 0 Å². The Hall–Kier alpha value is -0.850. The fraction of sp³-hybridized carbons (Fsp3) is 0. The maximum Gasteiger partial charge on any atom is 0.257 e. The predicted molar refractivity (Wildman–Crippen MR) is 83.5 cm³/mol. The van der Waals surface area contributed by atoms with Crippen molar-refractivity contribution in [3.63, 3.8) is 0 Å². The molecule has 98 valence electrons. The maximum atomic E-state index is 13.6. The van der Waals surface area contributed by atoms with E-state index < -0.39 is 11.7 Å². The topological polar surface area (TPSA) is 29.1 Å². The molecular weight excluding hydrogens is 403 g/mol. The highest BCUT2D eigenvalue weighted by Crippen LogP contribution is 2.23. The van der Waals surface area contributed by atoms with Crippen LogP contribution in [0.2, 0.25) is 10.0 Å². The highest BCUT2D eigenvalue weighted by Gasteiger charge is 2.13. The van der Waals surface area contributed by atoms with Crippen molar-refractivity contribution in [2.45, 2.75) is 0 Å². The molecule has 19 heavy (non-hydrogen) atoms. The summed E-state index contributed by atoms with van der Waals surface area (Å²) >= 11 is 13.7. The molecule has 1 N–H and O–H groups in total. The van der Waals surface area contributed by atoms with Crippen LogP contribution in [0.25, 0.3) is 0 Å². The van der Waals surface area contributed by atoms with Crippen molar-refractivity contribution < 1.29 is 9.18 Å². The maximum absolute atomic E-state index is 13.6. The Kier molecular flexibility index (Phi) is 4.65. The number of carbonyl (C=O) groups excluding carboxylic acids is 1. The second-order valence-corrected chi connectivity index (χ2v) is 5.79. The van der Waals surface area contributed by atoms with Crippen molar-refractivity contribution in [1.29, 1.82) is 0 Å². The number of anilines is 1. The zero-order valence-electron chi connectivity index (χ0n) is 9.38. The number of nitrogens with one attached hydrogen (secondary N) is 1. The van der Waals surface area contributed by atoms with Gasteiger partial charge in [0.15, 0.2) is 0 Å². The van der Waals surface area contributed by atoms with Crippen LogP contribution in [0.4, 0.5) is 10.1 Å². The molecular formula is C13H7Cl2FINO. The SMILES string of the molecule is O=C(Nc1ccc(I)cc1F)c1cc(Cl)ccc1Cl. The van der Waals surface area contributed by atoms with Crippen molar-refractivity contribution in [2.24, 2.45) is 0 Å². The normalized spacial score (nSPS) is 10.3. The van der Waals surface area contributed by atoms with Gasteiger partial charge in [0.25, 0.3) is 5.91 Å². The molecule has 6 heteroatoms. The van der Waals surface area contributed by atoms with E-state index in [1.807, 2.05) is 22.6 Å². The molecule has 0 heterocycles. The van der Waals surface area contributed by atoms with Gasteiger partial charge in [-0.25, -0.2) is 4.39 Å². The summed E-state index contributed by atoms with van der Waals surface area (Å²) in [6.07, 6.45) is 0. The average molecular weight is 410 g/mol. The van der Waals surface area contributed by atoms with Gasteiger partial charge >= 0.3 is 0 Å². The van der Waals surface area contributed by atoms with Gasteiger partial charge in [-0.15, -0.1) is 0 Å². The second-order valence-electron chi connectivity index (χ2n) is 3.70. The van der Waals surface area contributed by atoms with Crippen molar-refractivity contribution in [1.82, 2.24) is 0 Å². The summed E-state index contributed by atoms with van der Waals surface area (Å²) in [5.41, 5.74) is 0.300. The number of benzene rings is 2. The minimum atomic E-state index is -0.507. The van der Waals surface area contributed by atoms with Gasteiger partial charge in [-0.3, -0.25) is 4.79 Å². The van der Waals surface area contributed by atoms with Gasteiger partial charge in [-0.1, -0.05) is 23.2 Å². The third kappa shape index (κ3) is 3.58. The van der Waals surface area contributed by atoms with Crippen LogP contribution in [-0.2, 0) is 0 Å². The van der Waals surface area contributed by atoms with Gasteiger partial charge in [-0.05, 0) is 59.0 Å². The van der Waals surface area contributed by atoms with E-state index in [1.165, 1.54) is 24.3 Å². The minimum absolute atomic E-state index is 0.0986. The summed E-state index contributed by atoms with van der Waals surface area (Å²) < 4.78 is 14.4. The molecule has 0 aliphatic heterocycles. The summed E-state index contributed by atoms with van der Waals surface area (Å²) in [7, 11) is 0. The molecule has 0 fully saturated rings. The highest BCUT2D eigenvalue weighted by molar-refractivity contribution is 14.1. The minimum Gasteiger partial charge on any atom is -0.319 e. The van der Waals surface area contributed by atoms with E-state index in [4.69, 9.17) is 23.2 Å². The molecule has 2 nitrogen and oxygen atoms in total. The van der Waals surface area contributed by atoms with Crippen molar-refractivity contribution in [2.75, 3.05) is 5.32 Å². The summed E-state index contributed by atoms with van der Waals surface area (Å²) in [5.74, 6) is -1.01. The van der Waals surface area contributed by atoms with Crippen LogP contribution >= 0.6 is 45.8 Å². The van der Waals surface area contributed by atoms with Crippen molar-refractivity contribution in [3.05, 3.63) is 61.4 Å². The molecule has 0 saturated carbocycles. The highest BCUT2D eigenvalue weighted by atomic mass is 127. The number of rotatable bonds is 2. The van der Waals surface area contributed by atoms with Gasteiger partial charge in [0.1, 0.15) is 5.82 Å². The molecule has 0 bridgehead atoms. The van der Waals surface area contributed by atoms with Crippen LogP contribution < -0.4 is 5.32 Å². The first-order valence-electron chi connectivity index (χ1n) is 5.19. The third-order valence-electron chi connectivity index (χ3n) is 2.35. The third-order valence-corrected chi connectivity index (χ3v) is 3.59. The Bertz CT molecular complexity index is 649. The second kappa shape index (κ2) is 6.07. The molecule has 2 aromatic rings. The molecule has 2 aromatic carbocycles. The molecule has 0 aromatic heterocycles. The standard InChI is InChI=1S/C13H7Cl2FINO/c14-7-1-3-10(15)9(5-7)13(19)18-12-4-2-8(17)6-11(12)16/h1-6H,(H,18,19). The lowest BCUT2D eigenvalue weighted by Gasteiger charge is -2.08. The molecule has 0 atom stereocenters. The first-order valence-corrected chi connectivity index (χ1v) is 7.02. The number of halogens is 4. The molecule has 0 aliphatic carbocycles. The van der Waals surface area contributed by atoms with E-state index in [9.17, 15) is 9.18 Å². The van der Waals surface area contributed by atoms with E-state index >= 15 is 0 Å². The Morgan fingerprint density at radius 3 is 2.58 bits per heavy atom. The van der Waals surface area contributed by atoms with E-state index in [0.29, 0.717) is 5.02 Å². The number of amides is 1. The van der Waals surface area contributed by atoms with Crippen LogP contribution in [-0.4, -0.2) is 5.91 Å². The van der Waals surface area contributed by atoms with Gasteiger partial charge in [0, 0.05) is 8.59 Å². The fourth-order valence-corrected chi connectivity index (χ4v) is 2.28. The zero-order chi connectivity index (χ0) is 14.0. The lowest BCUT2D eigenvalue weighted by molar-refractivity contribution is 0.102.